The van der Waals surface area contributed by atoms with Crippen LogP contribution in [0.2, 0.25) is 0 Å². The lowest BCUT2D eigenvalue weighted by Gasteiger charge is -2.03. The molecule has 0 atom stereocenters. The van der Waals surface area contributed by atoms with Crippen LogP contribution in [0.15, 0.2) is 91.6 Å². The third-order valence-corrected chi connectivity index (χ3v) is 5.81. The lowest BCUT2D eigenvalue weighted by atomic mass is 10.1. The molecular formula is C29H23N9. The average molecular weight is 498 g/mol. The van der Waals surface area contributed by atoms with Gasteiger partial charge in [-0.15, -0.1) is 10.2 Å². The molecule has 0 saturated heterocycles. The molecule has 4 aromatic rings. The summed E-state index contributed by atoms with van der Waals surface area (Å²) < 4.78 is 0. The molecule has 2 aliphatic rings. The van der Waals surface area contributed by atoms with Crippen molar-refractivity contribution in [1.29, 1.82) is 0 Å². The third-order valence-electron chi connectivity index (χ3n) is 5.81. The highest BCUT2D eigenvalue weighted by Crippen LogP contribution is 2.25. The number of fused-ring (bicyclic) bond motifs is 1. The minimum absolute atomic E-state index is 0.713. The van der Waals surface area contributed by atoms with E-state index in [1.807, 2.05) is 97.1 Å². The zero-order valence-electron chi connectivity index (χ0n) is 20.2. The Labute approximate surface area is 218 Å². The van der Waals surface area contributed by atoms with Gasteiger partial charge in [0, 0.05) is 16.9 Å². The van der Waals surface area contributed by atoms with E-state index in [1.165, 1.54) is 0 Å². The smallest absolute Gasteiger partial charge is 0.155 e. The van der Waals surface area contributed by atoms with E-state index in [9.17, 15) is 0 Å². The normalized spacial score (nSPS) is 11.5. The van der Waals surface area contributed by atoms with Crippen molar-refractivity contribution in [3.8, 4) is 11.3 Å². The number of aromatic amines is 2. The van der Waals surface area contributed by atoms with E-state index >= 15 is 0 Å². The lowest BCUT2D eigenvalue weighted by molar-refractivity contribution is 1.08. The van der Waals surface area contributed by atoms with Crippen molar-refractivity contribution in [2.45, 2.75) is 0 Å². The monoisotopic (exact) mass is 497 g/mol. The van der Waals surface area contributed by atoms with Crippen LogP contribution in [0.1, 0.15) is 22.8 Å². The number of imidazole rings is 2. The number of nitrogens with zero attached hydrogens (tertiary/aromatic N) is 5. The van der Waals surface area contributed by atoms with E-state index in [-0.39, 0.29) is 0 Å². The number of nitrogens with one attached hydrogen (secondary N) is 4. The number of para-hydroxylation sites is 2. The van der Waals surface area contributed by atoms with Gasteiger partial charge in [-0.25, -0.2) is 9.97 Å². The van der Waals surface area contributed by atoms with Crippen molar-refractivity contribution < 1.29 is 0 Å². The van der Waals surface area contributed by atoms with Crippen LogP contribution in [0.5, 0.6) is 0 Å². The zero-order chi connectivity index (χ0) is 25.6. The summed E-state index contributed by atoms with van der Waals surface area (Å²) in [5.41, 5.74) is 6.76. The first kappa shape index (κ1) is 22.9. The summed E-state index contributed by atoms with van der Waals surface area (Å²) in [6.07, 6.45) is 12.8. The van der Waals surface area contributed by atoms with E-state index in [2.05, 4.69) is 45.8 Å². The summed E-state index contributed by atoms with van der Waals surface area (Å²) in [6.45, 7) is 0. The van der Waals surface area contributed by atoms with Gasteiger partial charge in [-0.2, -0.15) is 0 Å². The van der Waals surface area contributed by atoms with Crippen LogP contribution >= 0.6 is 0 Å². The average Bonchev–Trinajstić information content (AvgIpc) is 3.65. The Bertz CT molecular complexity index is 1670. The standard InChI is InChI=1S/C29H23N9/c1-3-7-21(8-4-1)35-28-25(31-18-33-28)14-12-20-11-13-23-24(37-38-27(23)17-30-20)15-16-26-29(34-19-32-26)36-22-9-5-2-6-10-22/h1-19,35-36H,(H,31,33)(H,32,34)/b14-12+,16-15+. The Hall–Kier alpha value is -5.57. The fourth-order valence-corrected chi connectivity index (χ4v) is 3.89. The van der Waals surface area contributed by atoms with E-state index in [1.54, 1.807) is 18.9 Å². The number of aromatic nitrogens is 7. The molecule has 0 amide bonds. The number of benzene rings is 2. The largest absolute Gasteiger partial charge is 0.343 e. The Morgan fingerprint density at radius 3 is 1.82 bits per heavy atom. The van der Waals surface area contributed by atoms with Gasteiger partial charge < -0.3 is 20.6 Å². The van der Waals surface area contributed by atoms with Crippen molar-refractivity contribution in [3.63, 3.8) is 0 Å². The maximum absolute atomic E-state index is 4.57. The third kappa shape index (κ3) is 5.17. The highest BCUT2D eigenvalue weighted by molar-refractivity contribution is 5.81. The van der Waals surface area contributed by atoms with Gasteiger partial charge in [-0.05, 0) is 60.7 Å². The van der Waals surface area contributed by atoms with Crippen LogP contribution in [0.25, 0.3) is 35.6 Å². The minimum atomic E-state index is 0.713. The molecule has 2 aromatic carbocycles. The second-order valence-corrected chi connectivity index (χ2v) is 8.38. The topological polar surface area (TPSA) is 120 Å². The van der Waals surface area contributed by atoms with E-state index in [4.69, 9.17) is 0 Å². The van der Waals surface area contributed by atoms with Crippen LogP contribution in [-0.4, -0.2) is 35.1 Å². The molecule has 9 nitrogen and oxygen atoms in total. The lowest BCUT2D eigenvalue weighted by Crippen LogP contribution is -1.92. The van der Waals surface area contributed by atoms with Crippen LogP contribution in [0, 0.1) is 0 Å². The fourth-order valence-electron chi connectivity index (χ4n) is 3.89. The maximum Gasteiger partial charge on any atom is 0.155 e. The molecule has 6 rings (SSSR count). The summed E-state index contributed by atoms with van der Waals surface area (Å²) in [7, 11) is 0. The molecule has 0 saturated carbocycles. The molecule has 0 unspecified atom stereocenters. The van der Waals surface area contributed by atoms with Crippen molar-refractivity contribution in [3.05, 3.63) is 114 Å². The van der Waals surface area contributed by atoms with Crippen LogP contribution in [0.3, 0.4) is 0 Å². The van der Waals surface area contributed by atoms with Gasteiger partial charge in [0.25, 0.3) is 0 Å². The van der Waals surface area contributed by atoms with Crippen molar-refractivity contribution in [2.75, 3.05) is 10.6 Å². The van der Waals surface area contributed by atoms with Gasteiger partial charge >= 0.3 is 0 Å². The first-order chi connectivity index (χ1) is 18.8. The number of hydrogen-bond donors (Lipinski definition) is 4. The summed E-state index contributed by atoms with van der Waals surface area (Å²) in [6, 6.07) is 23.7. The number of rotatable bonds is 8. The molecule has 4 heterocycles. The predicted molar refractivity (Wildman–Crippen MR) is 151 cm³/mol. The SMILES string of the molecule is C(=C\c1[nH]cnc1Nc1ccccc1)/c1ccc2c(/C=C/c3[nH]cnc3Nc3ccccc3)nnc-2cn1. The van der Waals surface area contributed by atoms with Gasteiger partial charge in [-0.1, -0.05) is 36.4 Å². The van der Waals surface area contributed by atoms with Gasteiger partial charge in [0.1, 0.15) is 5.69 Å². The molecule has 0 radical (unpaired) electrons. The quantitative estimate of drug-likeness (QED) is 0.196. The Morgan fingerprint density at radius 2 is 1.18 bits per heavy atom. The van der Waals surface area contributed by atoms with Crippen molar-refractivity contribution >= 4 is 47.3 Å². The van der Waals surface area contributed by atoms with E-state index < -0.39 is 0 Å². The summed E-state index contributed by atoms with van der Waals surface area (Å²) >= 11 is 0. The van der Waals surface area contributed by atoms with Crippen LogP contribution < -0.4 is 10.6 Å². The Balaban J connectivity index is 1.20. The molecule has 184 valence electrons. The maximum atomic E-state index is 4.57. The molecule has 0 bridgehead atoms. The Kier molecular flexibility index (Phi) is 6.37. The summed E-state index contributed by atoms with van der Waals surface area (Å²) in [5, 5.41) is 15.3. The molecule has 4 N–H and O–H groups in total. The van der Waals surface area contributed by atoms with Gasteiger partial charge in [-0.3, -0.25) is 4.98 Å². The van der Waals surface area contributed by atoms with Gasteiger partial charge in [0.2, 0.25) is 0 Å². The van der Waals surface area contributed by atoms with Crippen molar-refractivity contribution in [1.82, 2.24) is 35.1 Å². The number of H-pyrrole nitrogens is 2. The second kappa shape index (κ2) is 10.6. The van der Waals surface area contributed by atoms with Gasteiger partial charge in [0.15, 0.2) is 11.6 Å². The second-order valence-electron chi connectivity index (χ2n) is 8.38. The van der Waals surface area contributed by atoms with Crippen LogP contribution in [-0.2, 0) is 0 Å². The summed E-state index contributed by atoms with van der Waals surface area (Å²) in [5.74, 6) is 1.47. The zero-order valence-corrected chi connectivity index (χ0v) is 20.2. The van der Waals surface area contributed by atoms with Crippen LogP contribution in [0.4, 0.5) is 23.0 Å². The number of hydrogen-bond acceptors (Lipinski definition) is 7. The van der Waals surface area contributed by atoms with Gasteiger partial charge in [0.05, 0.1) is 41.6 Å². The molecule has 2 aliphatic heterocycles. The number of anilines is 4. The molecule has 0 spiro atoms. The first-order valence-electron chi connectivity index (χ1n) is 12.0. The summed E-state index contributed by atoms with van der Waals surface area (Å²) in [4.78, 5) is 19.7. The molecule has 38 heavy (non-hydrogen) atoms. The molecule has 9 heteroatoms. The Morgan fingerprint density at radius 1 is 0.579 bits per heavy atom. The molecule has 0 fully saturated rings. The fraction of sp³-hybridized carbons (Fsp3) is 0. The minimum Gasteiger partial charge on any atom is -0.343 e. The van der Waals surface area contributed by atoms with Crippen molar-refractivity contribution in [2.24, 2.45) is 0 Å². The molecule has 0 aliphatic carbocycles. The molecule has 2 aromatic heterocycles. The predicted octanol–water partition coefficient (Wildman–Crippen LogP) is 6.25. The van der Waals surface area contributed by atoms with E-state index in [0.717, 1.165) is 51.3 Å². The molecular weight excluding hydrogens is 474 g/mol. The first-order valence-corrected chi connectivity index (χ1v) is 12.0. The highest BCUT2D eigenvalue weighted by atomic mass is 15.1. The van der Waals surface area contributed by atoms with E-state index in [0.29, 0.717) is 5.69 Å². The highest BCUT2D eigenvalue weighted by Gasteiger charge is 2.11.